The van der Waals surface area contributed by atoms with E-state index in [0.29, 0.717) is 11.7 Å². The Balaban J connectivity index is 3.23. The van der Waals surface area contributed by atoms with Crippen LogP contribution in [0, 0.1) is 13.8 Å². The molecule has 0 bridgehead atoms. The lowest BCUT2D eigenvalue weighted by Gasteiger charge is -2.10. The molecule has 0 aliphatic carbocycles. The van der Waals surface area contributed by atoms with Gasteiger partial charge in [0.05, 0.1) is 0 Å². The van der Waals surface area contributed by atoms with Crippen molar-refractivity contribution in [3.05, 3.63) is 35.7 Å². The van der Waals surface area contributed by atoms with Crippen LogP contribution in [0.3, 0.4) is 0 Å². The summed E-state index contributed by atoms with van der Waals surface area (Å²) in [6, 6.07) is 3.73. The molecule has 65 valence electrons. The van der Waals surface area contributed by atoms with E-state index in [1.165, 1.54) is 0 Å². The molecule has 0 atom stereocenters. The minimum atomic E-state index is 0.353. The Morgan fingerprint density at radius 1 is 1.33 bits per heavy atom. The highest BCUT2D eigenvalue weighted by atomic mass is 16.3. The van der Waals surface area contributed by atoms with Gasteiger partial charge in [-0.1, -0.05) is 19.9 Å². The zero-order valence-electron chi connectivity index (χ0n) is 7.89. The van der Waals surface area contributed by atoms with Gasteiger partial charge >= 0.3 is 0 Å². The molecule has 0 aromatic heterocycles. The summed E-state index contributed by atoms with van der Waals surface area (Å²) in [5, 5.41) is 9.56. The van der Waals surface area contributed by atoms with Crippen molar-refractivity contribution in [3.8, 4) is 5.75 Å². The highest BCUT2D eigenvalue weighted by Gasteiger charge is 2.06. The number of aromatic hydroxyl groups is 1. The first kappa shape index (κ1) is 9.11. The molecule has 0 fully saturated rings. The molecule has 0 amide bonds. The second kappa shape index (κ2) is 3.18. The van der Waals surface area contributed by atoms with Crippen molar-refractivity contribution >= 4 is 0 Å². The van der Waals surface area contributed by atoms with Crippen molar-refractivity contribution in [2.24, 2.45) is 0 Å². The highest BCUT2D eigenvalue weighted by molar-refractivity contribution is 5.43. The third-order valence-corrected chi connectivity index (χ3v) is 2.11. The van der Waals surface area contributed by atoms with E-state index in [4.69, 9.17) is 0 Å². The summed E-state index contributed by atoms with van der Waals surface area (Å²) in [5.74, 6) is 0.737. The van der Waals surface area contributed by atoms with Crippen molar-refractivity contribution in [1.29, 1.82) is 0 Å². The van der Waals surface area contributed by atoms with Crippen LogP contribution in [0.2, 0.25) is 0 Å². The maximum absolute atomic E-state index is 9.56. The van der Waals surface area contributed by atoms with Gasteiger partial charge < -0.3 is 5.11 Å². The van der Waals surface area contributed by atoms with Gasteiger partial charge in [-0.25, -0.2) is 0 Å². The molecule has 1 aromatic carbocycles. The fourth-order valence-corrected chi connectivity index (χ4v) is 1.22. The summed E-state index contributed by atoms with van der Waals surface area (Å²) in [4.78, 5) is 0. The van der Waals surface area contributed by atoms with E-state index >= 15 is 0 Å². The summed E-state index contributed by atoms with van der Waals surface area (Å²) in [7, 11) is 0. The van der Waals surface area contributed by atoms with Gasteiger partial charge in [-0.3, -0.25) is 0 Å². The second-order valence-electron chi connectivity index (χ2n) is 3.49. The van der Waals surface area contributed by atoms with E-state index < -0.39 is 0 Å². The Hall–Kier alpha value is -0.980. The molecule has 0 aliphatic rings. The third-order valence-electron chi connectivity index (χ3n) is 2.11. The molecular formula is C11H15O. The van der Waals surface area contributed by atoms with Crippen LogP contribution < -0.4 is 0 Å². The first-order valence-corrected chi connectivity index (χ1v) is 4.18. The van der Waals surface area contributed by atoms with E-state index in [1.807, 2.05) is 13.0 Å². The van der Waals surface area contributed by atoms with Gasteiger partial charge in [0.2, 0.25) is 0 Å². The number of phenols is 1. The Morgan fingerprint density at radius 2 is 1.92 bits per heavy atom. The average Bonchev–Trinajstić information content (AvgIpc) is 1.96. The average molecular weight is 163 g/mol. The minimum absolute atomic E-state index is 0.353. The SMILES string of the molecule is [CH2]c1cc(C(C)C)c(O)cc1C. The molecule has 0 unspecified atom stereocenters. The van der Waals surface area contributed by atoms with Gasteiger partial charge in [0.1, 0.15) is 5.75 Å². The van der Waals surface area contributed by atoms with Crippen molar-refractivity contribution < 1.29 is 5.11 Å². The normalized spacial score (nSPS) is 10.8. The lowest BCUT2D eigenvalue weighted by molar-refractivity contribution is 0.464. The van der Waals surface area contributed by atoms with Gasteiger partial charge in [0, 0.05) is 0 Å². The highest BCUT2D eigenvalue weighted by Crippen LogP contribution is 2.27. The number of benzene rings is 1. The van der Waals surface area contributed by atoms with Gasteiger partial charge in [0.25, 0.3) is 0 Å². The van der Waals surface area contributed by atoms with Gasteiger partial charge in [0.15, 0.2) is 0 Å². The largest absolute Gasteiger partial charge is 0.508 e. The molecule has 0 aliphatic heterocycles. The van der Waals surface area contributed by atoms with E-state index in [2.05, 4.69) is 20.8 Å². The molecule has 1 radical (unpaired) electrons. The zero-order valence-corrected chi connectivity index (χ0v) is 7.89. The molecular weight excluding hydrogens is 148 g/mol. The lowest BCUT2D eigenvalue weighted by Crippen LogP contribution is -1.91. The fourth-order valence-electron chi connectivity index (χ4n) is 1.22. The van der Waals surface area contributed by atoms with Crippen molar-refractivity contribution in [2.45, 2.75) is 26.7 Å². The maximum atomic E-state index is 9.56. The smallest absolute Gasteiger partial charge is 0.119 e. The molecule has 0 saturated heterocycles. The Labute approximate surface area is 74.1 Å². The Morgan fingerprint density at radius 3 is 2.42 bits per heavy atom. The zero-order chi connectivity index (χ0) is 9.30. The molecule has 1 rings (SSSR count). The summed E-state index contributed by atoms with van der Waals surface area (Å²) < 4.78 is 0. The predicted octanol–water partition coefficient (Wildman–Crippen LogP) is 3.01. The summed E-state index contributed by atoms with van der Waals surface area (Å²) in [6.07, 6.45) is 0. The summed E-state index contributed by atoms with van der Waals surface area (Å²) in [5.41, 5.74) is 3.01. The van der Waals surface area contributed by atoms with E-state index in [9.17, 15) is 5.11 Å². The van der Waals surface area contributed by atoms with Crippen LogP contribution in [-0.2, 0) is 0 Å². The molecule has 1 heteroatoms. The first-order valence-electron chi connectivity index (χ1n) is 4.18. The first-order chi connectivity index (χ1) is 5.52. The van der Waals surface area contributed by atoms with Gasteiger partial charge in [-0.05, 0) is 42.5 Å². The number of hydrogen-bond acceptors (Lipinski definition) is 1. The van der Waals surface area contributed by atoms with Crippen LogP contribution in [0.25, 0.3) is 0 Å². The molecule has 0 saturated carbocycles. The second-order valence-corrected chi connectivity index (χ2v) is 3.49. The monoisotopic (exact) mass is 163 g/mol. The Bertz CT molecular complexity index is 287. The molecule has 0 heterocycles. The van der Waals surface area contributed by atoms with Crippen LogP contribution in [0.5, 0.6) is 5.75 Å². The molecule has 12 heavy (non-hydrogen) atoms. The fraction of sp³-hybridized carbons (Fsp3) is 0.364. The van der Waals surface area contributed by atoms with Crippen LogP contribution >= 0.6 is 0 Å². The standard InChI is InChI=1S/C11H15O/c1-7(2)10-5-8(3)9(4)6-11(10)12/h5-7,12H,3H2,1-2,4H3. The van der Waals surface area contributed by atoms with Crippen LogP contribution in [-0.4, -0.2) is 5.11 Å². The number of rotatable bonds is 1. The molecule has 0 spiro atoms. The third kappa shape index (κ3) is 1.60. The molecule has 1 nitrogen and oxygen atoms in total. The van der Waals surface area contributed by atoms with Crippen LogP contribution in [0.1, 0.15) is 36.5 Å². The number of phenolic OH excluding ortho intramolecular Hbond substituents is 1. The van der Waals surface area contributed by atoms with E-state index in [-0.39, 0.29) is 0 Å². The van der Waals surface area contributed by atoms with E-state index in [0.717, 1.165) is 16.7 Å². The van der Waals surface area contributed by atoms with Crippen LogP contribution in [0.15, 0.2) is 12.1 Å². The number of aryl methyl sites for hydroxylation is 1. The predicted molar refractivity (Wildman–Crippen MR) is 51.4 cm³/mol. The Kier molecular flexibility index (Phi) is 2.41. The minimum Gasteiger partial charge on any atom is -0.508 e. The quantitative estimate of drug-likeness (QED) is 0.674. The molecule has 1 aromatic rings. The topological polar surface area (TPSA) is 20.2 Å². The summed E-state index contributed by atoms with van der Waals surface area (Å²) in [6.45, 7) is 9.96. The van der Waals surface area contributed by atoms with Crippen molar-refractivity contribution in [1.82, 2.24) is 0 Å². The summed E-state index contributed by atoms with van der Waals surface area (Å²) >= 11 is 0. The van der Waals surface area contributed by atoms with E-state index in [1.54, 1.807) is 6.07 Å². The lowest BCUT2D eigenvalue weighted by atomic mass is 9.97. The molecule has 1 N–H and O–H groups in total. The van der Waals surface area contributed by atoms with Crippen LogP contribution in [0.4, 0.5) is 0 Å². The van der Waals surface area contributed by atoms with Crippen molar-refractivity contribution in [2.75, 3.05) is 0 Å². The number of hydrogen-bond donors (Lipinski definition) is 1. The van der Waals surface area contributed by atoms with Crippen molar-refractivity contribution in [3.63, 3.8) is 0 Å². The van der Waals surface area contributed by atoms with Gasteiger partial charge in [-0.15, -0.1) is 0 Å². The maximum Gasteiger partial charge on any atom is 0.119 e. The van der Waals surface area contributed by atoms with Gasteiger partial charge in [-0.2, -0.15) is 0 Å².